The van der Waals surface area contributed by atoms with Crippen molar-refractivity contribution < 1.29 is 9.47 Å². The van der Waals surface area contributed by atoms with E-state index < -0.39 is 0 Å². The Morgan fingerprint density at radius 1 is 0.700 bits per heavy atom. The first-order valence-electron chi connectivity index (χ1n) is 11.0. The lowest BCUT2D eigenvalue weighted by Gasteiger charge is -2.34. The molecule has 5 heterocycles. The van der Waals surface area contributed by atoms with Gasteiger partial charge < -0.3 is 24.2 Å². The molecular formula is C20H29N7O2S. The molecule has 162 valence electrons. The highest BCUT2D eigenvalue weighted by molar-refractivity contribution is 7.99. The molecule has 0 radical (unpaired) electrons. The molecule has 5 rings (SSSR count). The van der Waals surface area contributed by atoms with Crippen molar-refractivity contribution in [3.63, 3.8) is 0 Å². The van der Waals surface area contributed by atoms with E-state index in [0.29, 0.717) is 32.1 Å². The van der Waals surface area contributed by atoms with Crippen LogP contribution in [-0.4, -0.2) is 91.4 Å². The zero-order valence-corrected chi connectivity index (χ0v) is 18.4. The van der Waals surface area contributed by atoms with E-state index in [1.807, 2.05) is 0 Å². The topological polar surface area (TPSA) is 79.7 Å². The van der Waals surface area contributed by atoms with E-state index in [9.17, 15) is 0 Å². The second kappa shape index (κ2) is 9.07. The van der Waals surface area contributed by atoms with Gasteiger partial charge in [0.15, 0.2) is 33.8 Å². The number of nitrogens with zero attached hydrogens (tertiary/aromatic N) is 7. The van der Waals surface area contributed by atoms with Gasteiger partial charge in [0, 0.05) is 39.3 Å². The number of aromatic nitrogens is 4. The molecule has 3 aliphatic heterocycles. The third kappa shape index (κ3) is 4.00. The van der Waals surface area contributed by atoms with Crippen molar-refractivity contribution in [2.24, 2.45) is 0 Å². The smallest absolute Gasteiger partial charge is 0.191 e. The number of fused-ring (bicyclic) bond motifs is 1. The minimum atomic E-state index is 0.696. The second-order valence-corrected chi connectivity index (χ2v) is 8.93. The molecule has 0 amide bonds. The van der Waals surface area contributed by atoms with Crippen molar-refractivity contribution in [3.05, 3.63) is 0 Å². The van der Waals surface area contributed by atoms with Gasteiger partial charge in [-0.15, -0.1) is 0 Å². The van der Waals surface area contributed by atoms with Crippen LogP contribution in [-0.2, 0) is 9.47 Å². The van der Waals surface area contributed by atoms with Gasteiger partial charge in [0.05, 0.1) is 26.4 Å². The van der Waals surface area contributed by atoms with Crippen molar-refractivity contribution in [2.75, 3.05) is 86.1 Å². The predicted molar refractivity (Wildman–Crippen MR) is 119 cm³/mol. The Morgan fingerprint density at radius 3 is 1.87 bits per heavy atom. The van der Waals surface area contributed by atoms with Crippen LogP contribution in [0.5, 0.6) is 0 Å². The quantitative estimate of drug-likeness (QED) is 0.516. The van der Waals surface area contributed by atoms with Crippen molar-refractivity contribution >= 4 is 40.4 Å². The summed E-state index contributed by atoms with van der Waals surface area (Å²) in [5, 5.41) is 0.785. The van der Waals surface area contributed by atoms with Crippen LogP contribution in [0.3, 0.4) is 0 Å². The molecule has 3 aliphatic rings. The molecule has 2 aromatic rings. The molecule has 0 bridgehead atoms. The highest BCUT2D eigenvalue weighted by Gasteiger charge is 2.27. The summed E-state index contributed by atoms with van der Waals surface area (Å²) in [5.41, 5.74) is 1.51. The minimum absolute atomic E-state index is 0.696. The molecule has 9 nitrogen and oxygen atoms in total. The number of morpholine rings is 2. The van der Waals surface area contributed by atoms with Crippen LogP contribution in [0.1, 0.15) is 19.8 Å². The number of rotatable bonds is 5. The minimum Gasteiger partial charge on any atom is -0.378 e. The van der Waals surface area contributed by atoms with Crippen molar-refractivity contribution in [3.8, 4) is 0 Å². The molecule has 0 N–H and O–H groups in total. The van der Waals surface area contributed by atoms with E-state index in [4.69, 9.17) is 29.4 Å². The molecule has 0 unspecified atom stereocenters. The van der Waals surface area contributed by atoms with Gasteiger partial charge in [-0.3, -0.25) is 0 Å². The van der Waals surface area contributed by atoms with Crippen LogP contribution in [0, 0.1) is 0 Å². The van der Waals surface area contributed by atoms with Gasteiger partial charge in [-0.1, -0.05) is 18.7 Å². The number of hydrogen-bond acceptors (Lipinski definition) is 10. The zero-order chi connectivity index (χ0) is 20.3. The Hall–Kier alpha value is -1.91. The van der Waals surface area contributed by atoms with E-state index >= 15 is 0 Å². The van der Waals surface area contributed by atoms with Crippen LogP contribution in [0.25, 0.3) is 11.2 Å². The number of thioether (sulfide) groups is 1. The first-order valence-corrected chi connectivity index (χ1v) is 11.9. The Labute approximate surface area is 181 Å². The Bertz CT molecular complexity index is 881. The molecule has 3 fully saturated rings. The third-order valence-corrected chi connectivity index (χ3v) is 6.49. The lowest BCUT2D eigenvalue weighted by molar-refractivity contribution is 0.120. The molecule has 0 aliphatic carbocycles. The fourth-order valence-electron chi connectivity index (χ4n) is 4.21. The van der Waals surface area contributed by atoms with E-state index in [1.54, 1.807) is 11.8 Å². The Morgan fingerprint density at radius 2 is 1.27 bits per heavy atom. The molecule has 2 aromatic heterocycles. The maximum absolute atomic E-state index is 5.58. The lowest BCUT2D eigenvalue weighted by atomic mass is 10.3. The van der Waals surface area contributed by atoms with E-state index in [1.165, 1.54) is 12.8 Å². The fourth-order valence-corrected chi connectivity index (χ4v) is 4.77. The van der Waals surface area contributed by atoms with Gasteiger partial charge in [-0.05, 0) is 18.6 Å². The van der Waals surface area contributed by atoms with Gasteiger partial charge in [0.2, 0.25) is 0 Å². The normalized spacial score (nSPS) is 20.4. The SMILES string of the molecule is CCSc1nc(N2CCCC2)c2nc(N3CCOCC3)c(N3CCOCC3)nc2n1. The molecule has 0 aromatic carbocycles. The van der Waals surface area contributed by atoms with E-state index in [-0.39, 0.29) is 0 Å². The summed E-state index contributed by atoms with van der Waals surface area (Å²) in [7, 11) is 0. The first kappa shape index (κ1) is 20.0. The molecule has 0 spiro atoms. The van der Waals surface area contributed by atoms with Crippen molar-refractivity contribution in [1.29, 1.82) is 0 Å². The van der Waals surface area contributed by atoms with Crippen LogP contribution < -0.4 is 14.7 Å². The van der Waals surface area contributed by atoms with E-state index in [0.717, 1.165) is 73.1 Å². The monoisotopic (exact) mass is 431 g/mol. The van der Waals surface area contributed by atoms with Crippen molar-refractivity contribution in [2.45, 2.75) is 24.9 Å². The highest BCUT2D eigenvalue weighted by atomic mass is 32.2. The van der Waals surface area contributed by atoms with Gasteiger partial charge in [-0.2, -0.15) is 0 Å². The van der Waals surface area contributed by atoms with E-state index in [2.05, 4.69) is 21.6 Å². The van der Waals surface area contributed by atoms with Gasteiger partial charge in [0.1, 0.15) is 0 Å². The molecule has 0 atom stereocenters. The average Bonchev–Trinajstić information content (AvgIpc) is 3.34. The van der Waals surface area contributed by atoms with Gasteiger partial charge >= 0.3 is 0 Å². The summed E-state index contributed by atoms with van der Waals surface area (Å²) >= 11 is 1.66. The standard InChI is InChI=1S/C20H29N7O2S/c1-2-30-20-23-16-15(17(24-20)25-5-3-4-6-25)21-18(26-7-11-28-12-8-26)19(22-16)27-9-13-29-14-10-27/h2-14H2,1H3. The van der Waals surface area contributed by atoms with Gasteiger partial charge in [-0.25, -0.2) is 19.9 Å². The molecule has 0 saturated carbocycles. The molecule has 10 heteroatoms. The molecule has 3 saturated heterocycles. The molecular weight excluding hydrogens is 402 g/mol. The lowest BCUT2D eigenvalue weighted by Crippen LogP contribution is -2.41. The van der Waals surface area contributed by atoms with Crippen LogP contribution >= 0.6 is 11.8 Å². The molecule has 30 heavy (non-hydrogen) atoms. The van der Waals surface area contributed by atoms with Crippen LogP contribution in [0.2, 0.25) is 0 Å². The number of hydrogen-bond donors (Lipinski definition) is 0. The predicted octanol–water partition coefficient (Wildman–Crippen LogP) is 1.81. The maximum atomic E-state index is 5.58. The van der Waals surface area contributed by atoms with Crippen molar-refractivity contribution in [1.82, 2.24) is 19.9 Å². The fraction of sp³-hybridized carbons (Fsp3) is 0.700. The highest BCUT2D eigenvalue weighted by Crippen LogP contribution is 2.34. The first-order chi connectivity index (χ1) is 14.8. The Balaban J connectivity index is 1.66. The summed E-state index contributed by atoms with van der Waals surface area (Å²) in [5.74, 6) is 3.70. The average molecular weight is 432 g/mol. The van der Waals surface area contributed by atoms with Crippen LogP contribution in [0.15, 0.2) is 5.16 Å². The summed E-state index contributed by atoms with van der Waals surface area (Å²) in [4.78, 5) is 26.9. The zero-order valence-electron chi connectivity index (χ0n) is 17.5. The number of anilines is 3. The third-order valence-electron chi connectivity index (χ3n) is 5.76. The summed E-state index contributed by atoms with van der Waals surface area (Å²) in [6.45, 7) is 10.3. The summed E-state index contributed by atoms with van der Waals surface area (Å²) < 4.78 is 11.2. The largest absolute Gasteiger partial charge is 0.378 e. The maximum Gasteiger partial charge on any atom is 0.191 e. The summed E-state index contributed by atoms with van der Waals surface area (Å²) in [6, 6.07) is 0. The van der Waals surface area contributed by atoms with Gasteiger partial charge in [0.25, 0.3) is 0 Å². The number of ether oxygens (including phenoxy) is 2. The Kier molecular flexibility index (Phi) is 6.05. The summed E-state index contributed by atoms with van der Waals surface area (Å²) in [6.07, 6.45) is 2.38. The second-order valence-electron chi connectivity index (χ2n) is 7.70. The van der Waals surface area contributed by atoms with Crippen LogP contribution in [0.4, 0.5) is 17.5 Å².